The van der Waals surface area contributed by atoms with Gasteiger partial charge in [-0.15, -0.1) is 0 Å². The lowest BCUT2D eigenvalue weighted by molar-refractivity contribution is 0.0937. The second-order valence-electron chi connectivity index (χ2n) is 6.12. The molecule has 0 spiro atoms. The number of nitrogens with one attached hydrogen (secondary N) is 1. The van der Waals surface area contributed by atoms with Gasteiger partial charge in [0.05, 0.1) is 6.04 Å². The van der Waals surface area contributed by atoms with Crippen molar-refractivity contribution in [2.24, 2.45) is 0 Å². The molecule has 0 aliphatic rings. The molecule has 3 rings (SSSR count). The lowest BCUT2D eigenvalue weighted by atomic mass is 10.0. The molecule has 1 amide bonds. The highest BCUT2D eigenvalue weighted by Crippen LogP contribution is 2.20. The summed E-state index contributed by atoms with van der Waals surface area (Å²) in [4.78, 5) is 12.7. The average Bonchev–Trinajstić information content (AvgIpc) is 2.67. The van der Waals surface area contributed by atoms with E-state index in [0.29, 0.717) is 16.9 Å². The quantitative estimate of drug-likeness (QED) is 0.663. The first-order chi connectivity index (χ1) is 13.0. The summed E-state index contributed by atoms with van der Waals surface area (Å²) in [6, 6.07) is 19.1. The van der Waals surface area contributed by atoms with Crippen molar-refractivity contribution in [3.05, 3.63) is 101 Å². The first kappa shape index (κ1) is 18.6. The van der Waals surface area contributed by atoms with Gasteiger partial charge >= 0.3 is 0 Å². The Morgan fingerprint density at radius 1 is 1.00 bits per heavy atom. The SMILES string of the molecule is CC(NC(=O)c1ccccc1COc1ccccc1)c1ccc(F)cc1F. The standard InChI is InChI=1S/C22H19F2NO2/c1-15(19-12-11-17(23)13-21(19)24)25-22(26)20-10-6-5-7-16(20)14-27-18-8-3-2-4-9-18/h2-13,15H,14H2,1H3,(H,25,26). The van der Waals surface area contributed by atoms with Crippen LogP contribution in [0.25, 0.3) is 0 Å². The summed E-state index contributed by atoms with van der Waals surface area (Å²) in [5.74, 6) is -0.991. The van der Waals surface area contributed by atoms with Crippen molar-refractivity contribution >= 4 is 5.91 Å². The van der Waals surface area contributed by atoms with Crippen LogP contribution in [-0.2, 0) is 6.61 Å². The van der Waals surface area contributed by atoms with E-state index in [1.807, 2.05) is 36.4 Å². The van der Waals surface area contributed by atoms with Gasteiger partial charge in [-0.3, -0.25) is 4.79 Å². The van der Waals surface area contributed by atoms with Gasteiger partial charge in [0.15, 0.2) is 0 Å². The zero-order valence-corrected chi connectivity index (χ0v) is 14.8. The molecule has 0 aliphatic heterocycles. The highest BCUT2D eigenvalue weighted by atomic mass is 19.1. The van der Waals surface area contributed by atoms with Crippen LogP contribution in [0.4, 0.5) is 8.78 Å². The Bertz CT molecular complexity index is 929. The third kappa shape index (κ3) is 4.70. The molecule has 3 nitrogen and oxygen atoms in total. The number of carbonyl (C=O) groups excluding carboxylic acids is 1. The van der Waals surface area contributed by atoms with Crippen LogP contribution >= 0.6 is 0 Å². The second kappa shape index (κ2) is 8.45. The maximum Gasteiger partial charge on any atom is 0.252 e. The fraction of sp³-hybridized carbons (Fsp3) is 0.136. The van der Waals surface area contributed by atoms with Crippen LogP contribution in [0.5, 0.6) is 5.75 Å². The summed E-state index contributed by atoms with van der Waals surface area (Å²) in [6.07, 6.45) is 0. The molecule has 1 unspecified atom stereocenters. The minimum Gasteiger partial charge on any atom is -0.489 e. The van der Waals surface area contributed by atoms with Gasteiger partial charge in [-0.25, -0.2) is 8.78 Å². The lowest BCUT2D eigenvalue weighted by Crippen LogP contribution is -2.28. The van der Waals surface area contributed by atoms with Gasteiger partial charge in [0.2, 0.25) is 0 Å². The third-order valence-corrected chi connectivity index (χ3v) is 4.18. The first-order valence-electron chi connectivity index (χ1n) is 8.56. The predicted octanol–water partition coefficient (Wildman–Crippen LogP) is 5.03. The van der Waals surface area contributed by atoms with Crippen molar-refractivity contribution in [1.29, 1.82) is 0 Å². The third-order valence-electron chi connectivity index (χ3n) is 4.18. The van der Waals surface area contributed by atoms with Gasteiger partial charge in [0, 0.05) is 22.8 Å². The van der Waals surface area contributed by atoms with Crippen molar-refractivity contribution < 1.29 is 18.3 Å². The fourth-order valence-corrected chi connectivity index (χ4v) is 2.75. The minimum absolute atomic E-state index is 0.225. The van der Waals surface area contributed by atoms with E-state index in [1.165, 1.54) is 12.1 Å². The van der Waals surface area contributed by atoms with Crippen LogP contribution in [0.3, 0.4) is 0 Å². The molecule has 0 bridgehead atoms. The number of carbonyl (C=O) groups is 1. The zero-order chi connectivity index (χ0) is 19.2. The zero-order valence-electron chi connectivity index (χ0n) is 14.8. The van der Waals surface area contributed by atoms with Crippen LogP contribution in [0.2, 0.25) is 0 Å². The van der Waals surface area contributed by atoms with Crippen LogP contribution in [0, 0.1) is 11.6 Å². The number of ether oxygens (including phenoxy) is 1. The molecular weight excluding hydrogens is 348 g/mol. The van der Waals surface area contributed by atoms with Crippen LogP contribution in [0.15, 0.2) is 72.8 Å². The predicted molar refractivity (Wildman–Crippen MR) is 99.5 cm³/mol. The fourth-order valence-electron chi connectivity index (χ4n) is 2.75. The van der Waals surface area contributed by atoms with Gasteiger partial charge in [0.1, 0.15) is 24.0 Å². The molecule has 5 heteroatoms. The van der Waals surface area contributed by atoms with E-state index >= 15 is 0 Å². The maximum atomic E-state index is 13.9. The summed E-state index contributed by atoms with van der Waals surface area (Å²) in [6.45, 7) is 1.88. The van der Waals surface area contributed by atoms with Crippen molar-refractivity contribution in [2.75, 3.05) is 0 Å². The smallest absolute Gasteiger partial charge is 0.252 e. The molecule has 0 aromatic heterocycles. The number of benzene rings is 3. The molecule has 3 aromatic carbocycles. The minimum atomic E-state index is -0.691. The molecule has 0 saturated carbocycles. The molecule has 0 heterocycles. The van der Waals surface area contributed by atoms with Gasteiger partial charge in [0.25, 0.3) is 5.91 Å². The molecule has 138 valence electrons. The summed E-state index contributed by atoms with van der Waals surface area (Å²) >= 11 is 0. The summed E-state index contributed by atoms with van der Waals surface area (Å²) < 4.78 is 32.7. The molecule has 0 aliphatic carbocycles. The Morgan fingerprint density at radius 2 is 1.70 bits per heavy atom. The first-order valence-corrected chi connectivity index (χ1v) is 8.56. The second-order valence-corrected chi connectivity index (χ2v) is 6.12. The highest BCUT2D eigenvalue weighted by molar-refractivity contribution is 5.95. The van der Waals surface area contributed by atoms with Crippen LogP contribution in [0.1, 0.15) is 34.5 Å². The summed E-state index contributed by atoms with van der Waals surface area (Å²) in [5.41, 5.74) is 1.39. The van der Waals surface area contributed by atoms with Crippen molar-refractivity contribution in [2.45, 2.75) is 19.6 Å². The average molecular weight is 367 g/mol. The number of hydrogen-bond donors (Lipinski definition) is 1. The number of para-hydroxylation sites is 1. The lowest BCUT2D eigenvalue weighted by Gasteiger charge is -2.17. The number of amides is 1. The Balaban J connectivity index is 1.73. The monoisotopic (exact) mass is 367 g/mol. The van der Waals surface area contributed by atoms with Crippen LogP contribution in [-0.4, -0.2) is 5.91 Å². The Labute approximate surface area is 156 Å². The summed E-state index contributed by atoms with van der Waals surface area (Å²) in [7, 11) is 0. The van der Waals surface area contributed by atoms with E-state index < -0.39 is 17.7 Å². The van der Waals surface area contributed by atoms with E-state index in [1.54, 1.807) is 25.1 Å². The van der Waals surface area contributed by atoms with E-state index in [-0.39, 0.29) is 18.1 Å². The summed E-state index contributed by atoms with van der Waals surface area (Å²) in [5, 5.41) is 2.75. The van der Waals surface area contributed by atoms with Crippen molar-refractivity contribution in [1.82, 2.24) is 5.32 Å². The van der Waals surface area contributed by atoms with Gasteiger partial charge in [-0.2, -0.15) is 0 Å². The normalized spacial score (nSPS) is 11.7. The number of rotatable bonds is 6. The van der Waals surface area contributed by atoms with Crippen molar-refractivity contribution in [3.8, 4) is 5.75 Å². The Kier molecular flexibility index (Phi) is 5.81. The molecule has 1 atom stereocenters. The molecule has 27 heavy (non-hydrogen) atoms. The topological polar surface area (TPSA) is 38.3 Å². The maximum absolute atomic E-state index is 13.9. The highest BCUT2D eigenvalue weighted by Gasteiger charge is 2.17. The number of hydrogen-bond acceptors (Lipinski definition) is 2. The molecule has 0 radical (unpaired) electrons. The van der Waals surface area contributed by atoms with E-state index in [4.69, 9.17) is 4.74 Å². The largest absolute Gasteiger partial charge is 0.489 e. The van der Waals surface area contributed by atoms with E-state index in [9.17, 15) is 13.6 Å². The molecule has 0 saturated heterocycles. The Morgan fingerprint density at radius 3 is 2.44 bits per heavy atom. The molecule has 0 fully saturated rings. The van der Waals surface area contributed by atoms with E-state index in [0.717, 1.165) is 6.07 Å². The molecular formula is C22H19F2NO2. The van der Waals surface area contributed by atoms with E-state index in [2.05, 4.69) is 5.32 Å². The van der Waals surface area contributed by atoms with Gasteiger partial charge in [-0.05, 0) is 31.2 Å². The van der Waals surface area contributed by atoms with Gasteiger partial charge < -0.3 is 10.1 Å². The van der Waals surface area contributed by atoms with Crippen molar-refractivity contribution in [3.63, 3.8) is 0 Å². The van der Waals surface area contributed by atoms with Gasteiger partial charge in [-0.1, -0.05) is 42.5 Å². The molecule has 1 N–H and O–H groups in total. The Hall–Kier alpha value is -3.21. The van der Waals surface area contributed by atoms with Crippen LogP contribution < -0.4 is 10.1 Å². The number of halogens is 2. The molecule has 3 aromatic rings.